The molecule has 3 fully saturated rings. The van der Waals surface area contributed by atoms with Crippen LogP contribution in [-0.4, -0.2) is 57.8 Å². The fourth-order valence-corrected chi connectivity index (χ4v) is 4.73. The van der Waals surface area contributed by atoms with E-state index in [1.54, 1.807) is 0 Å². The Bertz CT molecular complexity index is 730. The number of hydrogen-bond acceptors (Lipinski definition) is 4. The van der Waals surface area contributed by atoms with E-state index < -0.39 is 0 Å². The lowest BCUT2D eigenvalue weighted by Gasteiger charge is -2.37. The molecule has 1 aromatic rings. The van der Waals surface area contributed by atoms with Crippen LogP contribution in [0.2, 0.25) is 0 Å². The number of hydrogen-bond donors (Lipinski definition) is 0. The van der Waals surface area contributed by atoms with Crippen LogP contribution in [0.5, 0.6) is 0 Å². The Morgan fingerprint density at radius 1 is 0.893 bits per heavy atom. The quantitative estimate of drug-likeness (QED) is 0.801. The lowest BCUT2D eigenvalue weighted by molar-refractivity contribution is -0.139. The van der Waals surface area contributed by atoms with Gasteiger partial charge in [-0.15, -0.1) is 0 Å². The number of amides is 2. The number of piperidine rings is 1. The summed E-state index contributed by atoms with van der Waals surface area (Å²) in [5.74, 6) is 1.83. The summed E-state index contributed by atoms with van der Waals surface area (Å²) in [5.41, 5.74) is 2.80. The van der Waals surface area contributed by atoms with Crippen LogP contribution in [0.4, 0.5) is 0 Å². The average Bonchev–Trinajstić information content (AvgIpc) is 3.18. The summed E-state index contributed by atoms with van der Waals surface area (Å²) in [5, 5.41) is 0. The molecular weight excluding hydrogens is 352 g/mol. The van der Waals surface area contributed by atoms with Crippen molar-refractivity contribution in [2.24, 2.45) is 5.92 Å². The van der Waals surface area contributed by atoms with Gasteiger partial charge >= 0.3 is 0 Å². The van der Waals surface area contributed by atoms with E-state index in [1.807, 2.05) is 23.6 Å². The number of rotatable bonds is 4. The highest BCUT2D eigenvalue weighted by molar-refractivity contribution is 5.80. The standard InChI is InChI=1S/C22H32N4O2/c1-15-19(13-20(27)25-10-3-4-11-25)16(2)24-21(23-15)18-9-6-12-26(14-18)22(28)17-7-5-8-17/h17-18H,3-14H2,1-2H3. The van der Waals surface area contributed by atoms with Crippen molar-refractivity contribution in [3.63, 3.8) is 0 Å². The number of carbonyl (C=O) groups is 2. The van der Waals surface area contributed by atoms with Gasteiger partial charge in [0.2, 0.25) is 11.8 Å². The van der Waals surface area contributed by atoms with E-state index in [2.05, 4.69) is 0 Å². The summed E-state index contributed by atoms with van der Waals surface area (Å²) in [6, 6.07) is 0. The molecule has 1 unspecified atom stereocenters. The minimum atomic E-state index is 0.190. The Morgan fingerprint density at radius 3 is 2.14 bits per heavy atom. The first-order valence-corrected chi connectivity index (χ1v) is 10.9. The molecule has 1 saturated carbocycles. The summed E-state index contributed by atoms with van der Waals surface area (Å²) >= 11 is 0. The minimum Gasteiger partial charge on any atom is -0.342 e. The maximum atomic E-state index is 12.6. The summed E-state index contributed by atoms with van der Waals surface area (Å²) in [6.07, 6.45) is 7.94. The van der Waals surface area contributed by atoms with Gasteiger partial charge in [0.15, 0.2) is 0 Å². The van der Waals surface area contributed by atoms with Crippen LogP contribution in [0.25, 0.3) is 0 Å². The van der Waals surface area contributed by atoms with Gasteiger partial charge in [-0.25, -0.2) is 9.97 Å². The van der Waals surface area contributed by atoms with Crippen molar-refractivity contribution < 1.29 is 9.59 Å². The molecule has 1 aromatic heterocycles. The van der Waals surface area contributed by atoms with Gasteiger partial charge in [0, 0.05) is 55.0 Å². The normalized spacial score (nSPS) is 23.0. The number of aryl methyl sites for hydroxylation is 2. The molecule has 152 valence electrons. The maximum Gasteiger partial charge on any atom is 0.227 e. The maximum absolute atomic E-state index is 12.6. The SMILES string of the molecule is Cc1nc(C2CCCN(C(=O)C3CCC3)C2)nc(C)c1CC(=O)N1CCCC1. The Balaban J connectivity index is 1.46. The third-order valence-corrected chi connectivity index (χ3v) is 6.78. The predicted octanol–water partition coefficient (Wildman–Crippen LogP) is 2.76. The lowest BCUT2D eigenvalue weighted by Crippen LogP contribution is -2.44. The molecule has 0 bridgehead atoms. The first-order chi connectivity index (χ1) is 13.5. The van der Waals surface area contributed by atoms with E-state index in [0.717, 1.165) is 87.5 Å². The molecular formula is C22H32N4O2. The molecule has 3 aliphatic rings. The van der Waals surface area contributed by atoms with Crippen LogP contribution in [0.1, 0.15) is 73.6 Å². The van der Waals surface area contributed by atoms with Crippen molar-refractivity contribution in [3.05, 3.63) is 22.8 Å². The molecule has 2 amide bonds. The van der Waals surface area contributed by atoms with Gasteiger partial charge in [-0.05, 0) is 52.4 Å². The van der Waals surface area contributed by atoms with Gasteiger partial charge in [-0.1, -0.05) is 6.42 Å². The predicted molar refractivity (Wildman–Crippen MR) is 107 cm³/mol. The molecule has 6 nitrogen and oxygen atoms in total. The molecule has 2 aliphatic heterocycles. The summed E-state index contributed by atoms with van der Waals surface area (Å²) in [4.78, 5) is 38.8. The molecule has 0 N–H and O–H groups in total. The number of carbonyl (C=O) groups excluding carboxylic acids is 2. The van der Waals surface area contributed by atoms with Crippen LogP contribution in [-0.2, 0) is 16.0 Å². The molecule has 28 heavy (non-hydrogen) atoms. The van der Waals surface area contributed by atoms with Crippen molar-refractivity contribution in [2.45, 2.75) is 71.1 Å². The Kier molecular flexibility index (Phi) is 5.65. The van der Waals surface area contributed by atoms with Crippen LogP contribution >= 0.6 is 0 Å². The van der Waals surface area contributed by atoms with E-state index in [0.29, 0.717) is 12.3 Å². The van der Waals surface area contributed by atoms with Crippen molar-refractivity contribution in [2.75, 3.05) is 26.2 Å². The summed E-state index contributed by atoms with van der Waals surface area (Å²) < 4.78 is 0. The van der Waals surface area contributed by atoms with Crippen LogP contribution in [0.3, 0.4) is 0 Å². The van der Waals surface area contributed by atoms with Crippen LogP contribution < -0.4 is 0 Å². The molecule has 3 heterocycles. The Morgan fingerprint density at radius 2 is 1.54 bits per heavy atom. The van der Waals surface area contributed by atoms with Gasteiger partial charge < -0.3 is 9.80 Å². The molecule has 0 aromatic carbocycles. The monoisotopic (exact) mass is 384 g/mol. The van der Waals surface area contributed by atoms with E-state index in [4.69, 9.17) is 9.97 Å². The summed E-state index contributed by atoms with van der Waals surface area (Å²) in [6.45, 7) is 7.34. The minimum absolute atomic E-state index is 0.190. The van der Waals surface area contributed by atoms with Gasteiger partial charge in [0.05, 0.1) is 6.42 Å². The van der Waals surface area contributed by atoms with Gasteiger partial charge in [0.1, 0.15) is 5.82 Å². The molecule has 1 aliphatic carbocycles. The van der Waals surface area contributed by atoms with E-state index in [1.165, 1.54) is 6.42 Å². The highest BCUT2D eigenvalue weighted by Crippen LogP contribution is 2.32. The van der Waals surface area contributed by atoms with Crippen molar-refractivity contribution in [1.82, 2.24) is 19.8 Å². The lowest BCUT2D eigenvalue weighted by atomic mass is 9.83. The van der Waals surface area contributed by atoms with Crippen molar-refractivity contribution >= 4 is 11.8 Å². The second-order valence-electron chi connectivity index (χ2n) is 8.75. The fraction of sp³-hybridized carbons (Fsp3) is 0.727. The third kappa shape index (κ3) is 3.91. The smallest absolute Gasteiger partial charge is 0.227 e. The molecule has 0 radical (unpaired) electrons. The van der Waals surface area contributed by atoms with E-state index >= 15 is 0 Å². The first-order valence-electron chi connectivity index (χ1n) is 10.9. The molecule has 6 heteroatoms. The Hall–Kier alpha value is -1.98. The van der Waals surface area contributed by atoms with Gasteiger partial charge in [-0.2, -0.15) is 0 Å². The highest BCUT2D eigenvalue weighted by atomic mass is 16.2. The van der Waals surface area contributed by atoms with Crippen LogP contribution in [0, 0.1) is 19.8 Å². The zero-order chi connectivity index (χ0) is 19.7. The molecule has 4 rings (SSSR count). The van der Waals surface area contributed by atoms with E-state index in [9.17, 15) is 9.59 Å². The second kappa shape index (κ2) is 8.18. The number of likely N-dealkylation sites (tertiary alicyclic amines) is 2. The Labute approximate surface area is 167 Å². The molecule has 1 atom stereocenters. The highest BCUT2D eigenvalue weighted by Gasteiger charge is 2.33. The first kappa shape index (κ1) is 19.3. The fourth-order valence-electron chi connectivity index (χ4n) is 4.73. The number of aromatic nitrogens is 2. The molecule has 0 spiro atoms. The largest absolute Gasteiger partial charge is 0.342 e. The zero-order valence-corrected chi connectivity index (χ0v) is 17.2. The molecule has 2 saturated heterocycles. The third-order valence-electron chi connectivity index (χ3n) is 6.78. The second-order valence-corrected chi connectivity index (χ2v) is 8.75. The number of nitrogens with zero attached hydrogens (tertiary/aromatic N) is 4. The van der Waals surface area contributed by atoms with Crippen LogP contribution in [0.15, 0.2) is 0 Å². The summed E-state index contributed by atoms with van der Waals surface area (Å²) in [7, 11) is 0. The zero-order valence-electron chi connectivity index (χ0n) is 17.2. The van der Waals surface area contributed by atoms with Gasteiger partial charge in [0.25, 0.3) is 0 Å². The van der Waals surface area contributed by atoms with E-state index in [-0.39, 0.29) is 17.7 Å². The van der Waals surface area contributed by atoms with Crippen molar-refractivity contribution in [3.8, 4) is 0 Å². The van der Waals surface area contributed by atoms with Crippen molar-refractivity contribution in [1.29, 1.82) is 0 Å². The topological polar surface area (TPSA) is 66.4 Å². The average molecular weight is 385 g/mol. The van der Waals surface area contributed by atoms with Gasteiger partial charge in [-0.3, -0.25) is 9.59 Å².